The zero-order valence-corrected chi connectivity index (χ0v) is 24.1. The van der Waals surface area contributed by atoms with Crippen LogP contribution >= 0.6 is 0 Å². The van der Waals surface area contributed by atoms with Gasteiger partial charge in [-0.25, -0.2) is 0 Å². The van der Waals surface area contributed by atoms with Crippen molar-refractivity contribution in [3.63, 3.8) is 0 Å². The summed E-state index contributed by atoms with van der Waals surface area (Å²) in [6, 6.07) is 8.55. The number of pyridine rings is 1. The summed E-state index contributed by atoms with van der Waals surface area (Å²) < 4.78 is 0. The van der Waals surface area contributed by atoms with Gasteiger partial charge < -0.3 is 26.8 Å². The highest BCUT2D eigenvalue weighted by molar-refractivity contribution is 5.95. The van der Waals surface area contributed by atoms with Gasteiger partial charge in [-0.3, -0.25) is 14.6 Å². The summed E-state index contributed by atoms with van der Waals surface area (Å²) in [5.41, 5.74) is 11.5. The van der Waals surface area contributed by atoms with E-state index in [9.17, 15) is 20.0 Å². The predicted molar refractivity (Wildman–Crippen MR) is 158 cm³/mol. The largest absolute Gasteiger partial charge is 0.494 e. The molecule has 0 aliphatic rings. The van der Waals surface area contributed by atoms with Crippen molar-refractivity contribution in [1.82, 2.24) is 15.2 Å². The number of aromatic hydroxyl groups is 1. The third-order valence-corrected chi connectivity index (χ3v) is 7.07. The number of nitriles is 1. The molecule has 40 heavy (non-hydrogen) atoms. The van der Waals surface area contributed by atoms with Crippen LogP contribution in [0.4, 0.5) is 17.1 Å². The number of nitrogen functional groups attached to an aromatic ring is 1. The van der Waals surface area contributed by atoms with E-state index in [1.165, 1.54) is 0 Å². The second kappa shape index (κ2) is 16.4. The molecule has 1 aromatic heterocycles. The maximum atomic E-state index is 13.9. The Labute approximate surface area is 236 Å². The Morgan fingerprint density at radius 3 is 2.55 bits per heavy atom. The van der Waals surface area contributed by atoms with Crippen molar-refractivity contribution >= 4 is 23.0 Å². The van der Waals surface area contributed by atoms with Crippen LogP contribution in [0.1, 0.15) is 82.1 Å². The molecule has 0 saturated heterocycles. The maximum absolute atomic E-state index is 13.9. The number of carbonyl (C=O) groups is 1. The lowest BCUT2D eigenvalue weighted by atomic mass is 9.93. The number of H-pyrrole nitrogens is 1. The fraction of sp³-hybridized carbons (Fsp3) is 0.552. The number of amides is 1. The highest BCUT2D eigenvalue weighted by Crippen LogP contribution is 2.28. The van der Waals surface area contributed by atoms with Crippen molar-refractivity contribution in [3.8, 4) is 11.9 Å². The summed E-state index contributed by atoms with van der Waals surface area (Å²) in [6.07, 6.45) is 5.80. The number of nitrogens with two attached hydrogens (primary N) is 2. The lowest BCUT2D eigenvalue weighted by Gasteiger charge is -2.33. The smallest absolute Gasteiger partial charge is 0.280 e. The van der Waals surface area contributed by atoms with E-state index in [0.717, 1.165) is 45.1 Å². The van der Waals surface area contributed by atoms with Crippen molar-refractivity contribution in [1.29, 1.82) is 5.26 Å². The minimum Gasteiger partial charge on any atom is -0.494 e. The van der Waals surface area contributed by atoms with Gasteiger partial charge >= 0.3 is 0 Å². The molecular formula is C29H44N8O3. The number of carbonyl (C=O) groups excluding carboxylic acids is 1. The zero-order chi connectivity index (χ0) is 29.7. The van der Waals surface area contributed by atoms with Gasteiger partial charge in [0, 0.05) is 30.7 Å². The zero-order valence-electron chi connectivity index (χ0n) is 24.1. The molecular weight excluding hydrogens is 508 g/mol. The van der Waals surface area contributed by atoms with Crippen LogP contribution in [0.25, 0.3) is 0 Å². The third-order valence-electron chi connectivity index (χ3n) is 7.07. The van der Waals surface area contributed by atoms with Crippen LogP contribution in [0.2, 0.25) is 0 Å². The minimum absolute atomic E-state index is 0.00530. The summed E-state index contributed by atoms with van der Waals surface area (Å²) in [4.78, 5) is 30.1. The number of aromatic amines is 1. The van der Waals surface area contributed by atoms with E-state index in [1.54, 1.807) is 30.3 Å². The molecule has 2 rings (SSSR count). The molecule has 0 spiro atoms. The van der Waals surface area contributed by atoms with Gasteiger partial charge in [0.05, 0.1) is 11.4 Å². The lowest BCUT2D eigenvalue weighted by molar-refractivity contribution is 0.0695. The van der Waals surface area contributed by atoms with E-state index in [1.807, 2.05) is 4.90 Å². The molecule has 1 heterocycles. The van der Waals surface area contributed by atoms with Crippen molar-refractivity contribution in [2.24, 2.45) is 21.9 Å². The number of azo groups is 1. The van der Waals surface area contributed by atoms with Gasteiger partial charge in [-0.1, -0.05) is 53.0 Å². The van der Waals surface area contributed by atoms with Crippen LogP contribution in [0.3, 0.4) is 0 Å². The summed E-state index contributed by atoms with van der Waals surface area (Å²) >= 11 is 0. The van der Waals surface area contributed by atoms with Crippen LogP contribution in [-0.2, 0) is 0 Å². The van der Waals surface area contributed by atoms with Crippen molar-refractivity contribution < 1.29 is 9.90 Å². The Kier molecular flexibility index (Phi) is 13.3. The van der Waals surface area contributed by atoms with Crippen molar-refractivity contribution in [2.45, 2.75) is 78.3 Å². The molecule has 0 bridgehead atoms. The van der Waals surface area contributed by atoms with Crippen molar-refractivity contribution in [3.05, 3.63) is 45.7 Å². The molecule has 218 valence electrons. The van der Waals surface area contributed by atoms with E-state index < -0.39 is 11.4 Å². The molecule has 0 aliphatic heterocycles. The highest BCUT2D eigenvalue weighted by Gasteiger charge is 2.25. The first-order valence-electron chi connectivity index (χ1n) is 14.1. The molecule has 11 heteroatoms. The topological polar surface area (TPSA) is 186 Å². The second-order valence-corrected chi connectivity index (χ2v) is 10.0. The Morgan fingerprint density at radius 1 is 1.18 bits per heavy atom. The van der Waals surface area contributed by atoms with E-state index in [4.69, 9.17) is 11.5 Å². The summed E-state index contributed by atoms with van der Waals surface area (Å²) in [5.74, 6) is -0.600. The number of hydrogen-bond acceptors (Lipinski definition) is 9. The molecule has 0 aliphatic carbocycles. The number of aromatic nitrogens is 1. The predicted octanol–water partition coefficient (Wildman–Crippen LogP) is 4.71. The van der Waals surface area contributed by atoms with Gasteiger partial charge in [-0.05, 0) is 49.9 Å². The second-order valence-electron chi connectivity index (χ2n) is 10.0. The number of anilines is 1. The highest BCUT2D eigenvalue weighted by atomic mass is 16.3. The van der Waals surface area contributed by atoms with E-state index in [0.29, 0.717) is 24.3 Å². The summed E-state index contributed by atoms with van der Waals surface area (Å²) in [5, 5.41) is 30.5. The number of hydrogen-bond donors (Lipinski definition) is 5. The SMILES string of the molecule is CCCCNC(CC)CN(CC(CC)C(N)CCC)C(=O)c1cccc(N=Nc2c(N)c(C#N)c(O)[nH]c2=O)c1. The average Bonchev–Trinajstić information content (AvgIpc) is 2.94. The van der Waals surface area contributed by atoms with Crippen LogP contribution in [0, 0.1) is 17.2 Å². The number of nitrogens with zero attached hydrogens (tertiary/aromatic N) is 4. The van der Waals surface area contributed by atoms with Crippen LogP contribution in [0.5, 0.6) is 5.88 Å². The molecule has 2 aromatic rings. The fourth-order valence-corrected chi connectivity index (χ4v) is 4.55. The Bertz CT molecular complexity index is 1240. The number of nitrogens with one attached hydrogen (secondary N) is 2. The molecule has 1 aromatic carbocycles. The fourth-order valence-electron chi connectivity index (χ4n) is 4.55. The normalized spacial score (nSPS) is 13.6. The molecule has 1 amide bonds. The quantitative estimate of drug-likeness (QED) is 0.147. The number of rotatable bonds is 16. The molecule has 3 unspecified atom stereocenters. The van der Waals surface area contributed by atoms with Gasteiger partial charge in [0.15, 0.2) is 5.69 Å². The minimum atomic E-state index is -0.786. The molecule has 7 N–H and O–H groups in total. The van der Waals surface area contributed by atoms with Crippen LogP contribution in [0.15, 0.2) is 39.3 Å². The van der Waals surface area contributed by atoms with Gasteiger partial charge in [-0.15, -0.1) is 5.11 Å². The van der Waals surface area contributed by atoms with E-state index >= 15 is 0 Å². The van der Waals surface area contributed by atoms with Crippen LogP contribution < -0.4 is 22.3 Å². The molecule has 11 nitrogen and oxygen atoms in total. The molecule has 0 radical (unpaired) electrons. The molecule has 3 atom stereocenters. The molecule has 0 saturated carbocycles. The lowest BCUT2D eigenvalue weighted by Crippen LogP contribution is -2.48. The average molecular weight is 553 g/mol. The Balaban J connectivity index is 2.37. The standard InChI is InChI=1S/C29H44N8O3/c1-5-9-14-33-21(8-4)18-37(17-19(7-3)24(31)11-6-2)29(40)20-12-10-13-22(15-20)35-36-26-25(32)23(16-30)27(38)34-28(26)39/h10,12-13,15,19,21,24,33H,5-9,11,14,17-18,31H2,1-4H3,(H4,32,34,38,39). The first kappa shape index (κ1) is 32.5. The summed E-state index contributed by atoms with van der Waals surface area (Å²) in [6.45, 7) is 10.5. The first-order valence-corrected chi connectivity index (χ1v) is 14.1. The number of unbranched alkanes of at least 4 members (excludes halogenated alkanes) is 1. The van der Waals surface area contributed by atoms with Crippen molar-refractivity contribution in [2.75, 3.05) is 25.4 Å². The van der Waals surface area contributed by atoms with Crippen LogP contribution in [-0.4, -0.2) is 52.6 Å². The van der Waals surface area contributed by atoms with Gasteiger partial charge in [-0.2, -0.15) is 10.4 Å². The third kappa shape index (κ3) is 8.89. The molecule has 0 fully saturated rings. The number of benzene rings is 1. The maximum Gasteiger partial charge on any atom is 0.280 e. The van der Waals surface area contributed by atoms with E-state index in [2.05, 4.69) is 48.2 Å². The first-order chi connectivity index (χ1) is 19.2. The van der Waals surface area contributed by atoms with Gasteiger partial charge in [0.1, 0.15) is 11.6 Å². The monoisotopic (exact) mass is 552 g/mol. The van der Waals surface area contributed by atoms with E-state index in [-0.39, 0.29) is 40.8 Å². The van der Waals surface area contributed by atoms with Gasteiger partial charge in [0.2, 0.25) is 5.88 Å². The van der Waals surface area contributed by atoms with Gasteiger partial charge in [0.25, 0.3) is 11.5 Å². The Hall–Kier alpha value is -3.75. The summed E-state index contributed by atoms with van der Waals surface area (Å²) in [7, 11) is 0. The Morgan fingerprint density at radius 2 is 1.93 bits per heavy atom.